The van der Waals surface area contributed by atoms with Crippen LogP contribution in [-0.4, -0.2) is 138 Å². The molecular weight excluding hydrogens is 1040 g/mol. The third-order valence-electron chi connectivity index (χ3n) is 17.1. The van der Waals surface area contributed by atoms with E-state index in [1.807, 2.05) is 103 Å². The second-order valence-electron chi connectivity index (χ2n) is 22.9. The molecule has 1 unspecified atom stereocenters. The summed E-state index contributed by atoms with van der Waals surface area (Å²) in [4.78, 5) is 112. The minimum atomic E-state index is -1.27. The summed E-state index contributed by atoms with van der Waals surface area (Å²) in [5.41, 5.74) is 10.5. The standard InChI is InChI=1S/C63H78N10O9/c64-27-30-66-63(80)82-48-35-55-60(77)68-51(24-21-40-11-3-1-4-12-40)57(74)70-53(33-46-36-67-50-18-10-9-17-49(46)50)59(76)69-52(31-42-25-28-65-29-26-42)58(75)71-54(32-41-19-22-47(23-20-41)81-39-43-13-5-2-6-14-43)61(78)72-37-45-16-8-7-15-44(45)34-56(72)62(79)73(55)38-48/h1,3-4,7-12,15-20,22-23,36,42-43,48,51-56,65,67H,2,5-6,13-14,21,24-35,37-39,64H2,(H,66,80)(H,68,77)(H,69,76)(H,70,74)(H,71,75)/t48-,51+,52?,53-,54+,55+,56+/m1/s1. The molecule has 1 aliphatic carbocycles. The number of ether oxygens (including phenoxy) is 2. The smallest absolute Gasteiger partial charge is 0.407 e. The lowest BCUT2D eigenvalue weighted by molar-refractivity contribution is -0.151. The van der Waals surface area contributed by atoms with E-state index in [4.69, 9.17) is 15.2 Å². The van der Waals surface area contributed by atoms with E-state index in [-0.39, 0.29) is 70.6 Å². The van der Waals surface area contributed by atoms with Crippen LogP contribution in [0, 0.1) is 11.8 Å². The zero-order chi connectivity index (χ0) is 57.0. The number of carbonyl (C=O) groups excluding carboxylic acids is 7. The van der Waals surface area contributed by atoms with E-state index in [2.05, 4.69) is 36.9 Å². The summed E-state index contributed by atoms with van der Waals surface area (Å²) in [6, 6.07) is 24.8. The molecule has 0 spiro atoms. The first-order chi connectivity index (χ1) is 40.0. The van der Waals surface area contributed by atoms with Crippen molar-refractivity contribution in [1.82, 2.24) is 46.7 Å². The van der Waals surface area contributed by atoms with Crippen molar-refractivity contribution in [3.8, 4) is 5.75 Å². The predicted molar refractivity (Wildman–Crippen MR) is 309 cm³/mol. The first-order valence-electron chi connectivity index (χ1n) is 29.5. The Bertz CT molecular complexity index is 3030. The van der Waals surface area contributed by atoms with Gasteiger partial charge in [-0.3, -0.25) is 28.8 Å². The van der Waals surface area contributed by atoms with E-state index in [0.29, 0.717) is 24.7 Å². The quantitative estimate of drug-likeness (QED) is 0.0725. The van der Waals surface area contributed by atoms with Crippen molar-refractivity contribution >= 4 is 52.4 Å². The molecule has 19 nitrogen and oxygen atoms in total. The number of amides is 7. The molecule has 5 aromatic rings. The Morgan fingerprint density at radius 1 is 0.634 bits per heavy atom. The van der Waals surface area contributed by atoms with Crippen LogP contribution in [-0.2, 0) is 65.7 Å². The van der Waals surface area contributed by atoms with Gasteiger partial charge in [-0.15, -0.1) is 0 Å². The number of rotatable bonds is 15. The van der Waals surface area contributed by atoms with Gasteiger partial charge < -0.3 is 61.9 Å². The molecule has 0 radical (unpaired) electrons. The summed E-state index contributed by atoms with van der Waals surface area (Å²) in [6.45, 7) is 2.15. The fourth-order valence-electron chi connectivity index (χ4n) is 12.6. The number of fused-ring (bicyclic) bond motifs is 4. The molecule has 0 bridgehead atoms. The fraction of sp³-hybridized carbons (Fsp3) is 0.476. The minimum Gasteiger partial charge on any atom is -0.493 e. The van der Waals surface area contributed by atoms with Gasteiger partial charge in [-0.05, 0) is 116 Å². The molecule has 4 aliphatic heterocycles. The lowest BCUT2D eigenvalue weighted by Crippen LogP contribution is -2.63. The molecule has 9 N–H and O–H groups in total. The number of piperidine rings is 1. The second-order valence-corrected chi connectivity index (χ2v) is 22.9. The highest BCUT2D eigenvalue weighted by Gasteiger charge is 2.48. The average Bonchev–Trinajstić information content (AvgIpc) is 4.30. The lowest BCUT2D eigenvalue weighted by Gasteiger charge is -2.40. The van der Waals surface area contributed by atoms with Crippen molar-refractivity contribution in [3.05, 3.63) is 137 Å². The Kier molecular flexibility index (Phi) is 19.2. The Morgan fingerprint density at radius 2 is 1.32 bits per heavy atom. The van der Waals surface area contributed by atoms with E-state index < -0.39 is 83.9 Å². The van der Waals surface area contributed by atoms with Gasteiger partial charge >= 0.3 is 6.09 Å². The minimum absolute atomic E-state index is 0.00431. The van der Waals surface area contributed by atoms with Crippen LogP contribution >= 0.6 is 0 Å². The zero-order valence-corrected chi connectivity index (χ0v) is 46.6. The van der Waals surface area contributed by atoms with E-state index in [1.165, 1.54) is 29.1 Å². The van der Waals surface area contributed by atoms with E-state index in [1.54, 1.807) is 6.20 Å². The zero-order valence-electron chi connectivity index (χ0n) is 46.6. The van der Waals surface area contributed by atoms with Crippen LogP contribution in [0.1, 0.15) is 92.0 Å². The highest BCUT2D eigenvalue weighted by Crippen LogP contribution is 2.31. The van der Waals surface area contributed by atoms with Gasteiger partial charge in [0.25, 0.3) is 0 Å². The molecule has 5 aliphatic rings. The fourth-order valence-corrected chi connectivity index (χ4v) is 12.6. The summed E-state index contributed by atoms with van der Waals surface area (Å²) in [6.07, 6.45) is 8.13. The van der Waals surface area contributed by atoms with Gasteiger partial charge in [-0.1, -0.05) is 104 Å². The summed E-state index contributed by atoms with van der Waals surface area (Å²) in [5.74, 6) is -2.44. The normalized spacial score (nSPS) is 24.4. The highest BCUT2D eigenvalue weighted by atomic mass is 16.6. The molecule has 434 valence electrons. The Balaban J connectivity index is 1.05. The largest absolute Gasteiger partial charge is 0.493 e. The summed E-state index contributed by atoms with van der Waals surface area (Å²) in [7, 11) is 0. The summed E-state index contributed by atoms with van der Waals surface area (Å²) >= 11 is 0. The lowest BCUT2D eigenvalue weighted by atomic mass is 9.90. The molecule has 5 heterocycles. The van der Waals surface area contributed by atoms with Crippen molar-refractivity contribution in [2.45, 2.75) is 139 Å². The first-order valence-corrected chi connectivity index (χ1v) is 29.5. The molecule has 7 atom stereocenters. The summed E-state index contributed by atoms with van der Waals surface area (Å²) < 4.78 is 12.1. The number of hydrogen-bond donors (Lipinski definition) is 8. The molecular formula is C63H78N10O9. The number of alkyl carbamates (subject to hydrolysis) is 1. The molecule has 4 fully saturated rings. The first kappa shape index (κ1) is 57.5. The molecule has 4 aromatic carbocycles. The third-order valence-corrected chi connectivity index (χ3v) is 17.1. The van der Waals surface area contributed by atoms with Gasteiger partial charge in [0.15, 0.2) is 0 Å². The van der Waals surface area contributed by atoms with Crippen LogP contribution in [0.5, 0.6) is 5.75 Å². The van der Waals surface area contributed by atoms with Crippen LogP contribution in [0.4, 0.5) is 4.79 Å². The Morgan fingerprint density at radius 3 is 2.10 bits per heavy atom. The van der Waals surface area contributed by atoms with Gasteiger partial charge in [0, 0.05) is 62.4 Å². The van der Waals surface area contributed by atoms with Gasteiger partial charge in [-0.25, -0.2) is 4.79 Å². The number of nitrogens with zero attached hydrogens (tertiary/aromatic N) is 2. The number of aromatic amines is 1. The maximum atomic E-state index is 15.9. The predicted octanol–water partition coefficient (Wildman–Crippen LogP) is 4.50. The van der Waals surface area contributed by atoms with Crippen molar-refractivity contribution in [2.75, 3.05) is 39.3 Å². The third kappa shape index (κ3) is 14.5. The molecule has 3 saturated heterocycles. The number of aromatic nitrogens is 1. The van der Waals surface area contributed by atoms with Crippen LogP contribution in [0.15, 0.2) is 109 Å². The van der Waals surface area contributed by atoms with Crippen LogP contribution < -0.4 is 42.4 Å². The average molecular weight is 1120 g/mol. The highest BCUT2D eigenvalue weighted by molar-refractivity contribution is 5.99. The maximum absolute atomic E-state index is 15.9. The van der Waals surface area contributed by atoms with E-state index >= 15 is 28.8 Å². The monoisotopic (exact) mass is 1120 g/mol. The van der Waals surface area contributed by atoms with Crippen molar-refractivity contribution in [3.63, 3.8) is 0 Å². The van der Waals surface area contributed by atoms with Crippen LogP contribution in [0.3, 0.4) is 0 Å². The topological polar surface area (TPSA) is 258 Å². The molecule has 82 heavy (non-hydrogen) atoms. The van der Waals surface area contributed by atoms with Crippen LogP contribution in [0.25, 0.3) is 10.9 Å². The molecule has 1 saturated carbocycles. The number of aryl methyl sites for hydroxylation is 1. The molecule has 19 heteroatoms. The number of nitrogens with one attached hydrogen (secondary N) is 7. The van der Waals surface area contributed by atoms with Gasteiger partial charge in [-0.2, -0.15) is 0 Å². The Labute approximate surface area is 478 Å². The van der Waals surface area contributed by atoms with E-state index in [9.17, 15) is 4.79 Å². The SMILES string of the molecule is NCCNC(=O)O[C@@H]1C[C@H]2C(=O)N[C@@H](CCc3ccccc3)C(=O)N[C@H](Cc3c[nH]c4ccccc34)C(=O)NC(CC3CCNCC3)C(=O)N[C@@H](Cc3ccc(OCC4CCCCC4)cc3)C(=O)N3Cc4ccccc4C[C@H]3C(=O)N2C1. The van der Waals surface area contributed by atoms with Crippen LogP contribution in [0.2, 0.25) is 0 Å². The van der Waals surface area contributed by atoms with Gasteiger partial charge in [0.05, 0.1) is 13.2 Å². The number of carbonyl (C=O) groups is 7. The van der Waals surface area contributed by atoms with Crippen molar-refractivity contribution in [2.24, 2.45) is 17.6 Å². The number of nitrogens with two attached hydrogens (primary N) is 1. The van der Waals surface area contributed by atoms with E-state index in [0.717, 1.165) is 77.5 Å². The number of para-hydroxylation sites is 1. The molecule has 7 amide bonds. The van der Waals surface area contributed by atoms with Crippen molar-refractivity contribution in [1.29, 1.82) is 0 Å². The molecule has 1 aromatic heterocycles. The van der Waals surface area contributed by atoms with Crippen molar-refractivity contribution < 1.29 is 43.0 Å². The number of H-pyrrole nitrogens is 1. The van der Waals surface area contributed by atoms with Gasteiger partial charge in [0.2, 0.25) is 35.4 Å². The Hall–Kier alpha value is -7.77. The summed E-state index contributed by atoms with van der Waals surface area (Å²) in [5, 5.41) is 19.0. The van der Waals surface area contributed by atoms with Gasteiger partial charge in [0.1, 0.15) is 48.1 Å². The molecule has 10 rings (SSSR count). The number of benzene rings is 4. The second kappa shape index (κ2) is 27.3. The number of hydrogen-bond acceptors (Lipinski definition) is 11. The maximum Gasteiger partial charge on any atom is 0.407 e.